The van der Waals surface area contributed by atoms with Gasteiger partial charge in [0.05, 0.1) is 30.9 Å². The highest BCUT2D eigenvalue weighted by molar-refractivity contribution is 5.77. The molecule has 1 aliphatic heterocycles. The van der Waals surface area contributed by atoms with Gasteiger partial charge in [-0.3, -0.25) is 19.1 Å². The van der Waals surface area contributed by atoms with Crippen molar-refractivity contribution in [2.24, 2.45) is 0 Å². The number of hydrogen-bond acceptors (Lipinski definition) is 8. The maximum atomic E-state index is 12.7. The number of para-hydroxylation sites is 1. The Labute approximate surface area is 208 Å². The number of aryl methyl sites for hydroxylation is 1. The molecule has 1 fully saturated rings. The van der Waals surface area contributed by atoms with Crippen molar-refractivity contribution in [1.82, 2.24) is 29.5 Å². The highest BCUT2D eigenvalue weighted by Gasteiger charge is 2.22. The second-order valence-corrected chi connectivity index (χ2v) is 8.76. The highest BCUT2D eigenvalue weighted by Crippen LogP contribution is 2.20. The summed E-state index contributed by atoms with van der Waals surface area (Å²) in [5, 5.41) is 4.68. The number of piperazine rings is 1. The normalized spacial score (nSPS) is 14.3. The van der Waals surface area contributed by atoms with Gasteiger partial charge in [-0.1, -0.05) is 17.3 Å². The first-order valence-electron chi connectivity index (χ1n) is 12.0. The van der Waals surface area contributed by atoms with Gasteiger partial charge in [-0.25, -0.2) is 4.98 Å². The summed E-state index contributed by atoms with van der Waals surface area (Å²) in [6.45, 7) is 3.78. The molecule has 3 heterocycles. The molecule has 0 atom stereocenters. The molecule has 36 heavy (non-hydrogen) atoms. The minimum absolute atomic E-state index is 0.0714. The number of hydrogen-bond donors (Lipinski definition) is 0. The minimum Gasteiger partial charge on any atom is -0.497 e. The van der Waals surface area contributed by atoms with Gasteiger partial charge in [0.1, 0.15) is 5.75 Å². The van der Waals surface area contributed by atoms with Gasteiger partial charge in [0.2, 0.25) is 17.6 Å². The van der Waals surface area contributed by atoms with Gasteiger partial charge in [0, 0.05) is 44.7 Å². The first-order valence-corrected chi connectivity index (χ1v) is 12.0. The topological polar surface area (TPSA) is 107 Å². The van der Waals surface area contributed by atoms with Gasteiger partial charge in [-0.05, 0) is 42.8 Å². The number of fused-ring (bicyclic) bond motifs is 1. The fourth-order valence-electron chi connectivity index (χ4n) is 4.35. The number of rotatable bonds is 8. The van der Waals surface area contributed by atoms with Crippen LogP contribution in [0.1, 0.15) is 18.7 Å². The van der Waals surface area contributed by atoms with E-state index in [4.69, 9.17) is 9.26 Å². The number of aromatic nitrogens is 4. The van der Waals surface area contributed by atoms with E-state index in [1.165, 1.54) is 0 Å². The Hall–Kier alpha value is -4.05. The Bertz CT molecular complexity index is 1390. The van der Waals surface area contributed by atoms with Crippen molar-refractivity contribution in [3.8, 4) is 17.1 Å². The molecule has 2 aromatic carbocycles. The number of carbonyl (C=O) groups is 1. The van der Waals surface area contributed by atoms with E-state index in [0.717, 1.165) is 24.4 Å². The van der Waals surface area contributed by atoms with E-state index in [0.29, 0.717) is 61.6 Å². The van der Waals surface area contributed by atoms with Gasteiger partial charge in [0.15, 0.2) is 0 Å². The van der Waals surface area contributed by atoms with E-state index in [1.807, 2.05) is 47.4 Å². The molecular weight excluding hydrogens is 460 g/mol. The zero-order valence-electron chi connectivity index (χ0n) is 20.2. The largest absolute Gasteiger partial charge is 0.497 e. The molecule has 0 unspecified atom stereocenters. The fraction of sp³-hybridized carbons (Fsp3) is 0.346. The molecule has 4 aromatic rings. The first kappa shape index (κ1) is 23.7. The van der Waals surface area contributed by atoms with E-state index in [9.17, 15) is 9.59 Å². The van der Waals surface area contributed by atoms with Crippen molar-refractivity contribution in [1.29, 1.82) is 0 Å². The predicted octanol–water partition coefficient (Wildman–Crippen LogP) is 2.58. The maximum absolute atomic E-state index is 12.7. The van der Waals surface area contributed by atoms with E-state index < -0.39 is 0 Å². The van der Waals surface area contributed by atoms with Crippen molar-refractivity contribution < 1.29 is 14.1 Å². The lowest BCUT2D eigenvalue weighted by Crippen LogP contribution is -2.48. The Morgan fingerprint density at radius 3 is 2.61 bits per heavy atom. The monoisotopic (exact) mass is 488 g/mol. The van der Waals surface area contributed by atoms with Crippen LogP contribution in [0.15, 0.2) is 64.2 Å². The SMILES string of the molecule is COc1ccc(-c2noc(CN3CCN(C(=O)CCCn4cnc5ccccc5c4=O)CC3)n2)cc1. The molecule has 0 radical (unpaired) electrons. The van der Waals surface area contributed by atoms with E-state index in [2.05, 4.69) is 20.0 Å². The Morgan fingerprint density at radius 2 is 1.83 bits per heavy atom. The molecule has 2 aromatic heterocycles. The lowest BCUT2D eigenvalue weighted by atomic mass is 10.2. The van der Waals surface area contributed by atoms with Crippen LogP contribution in [0.3, 0.4) is 0 Å². The average Bonchev–Trinajstić information content (AvgIpc) is 3.39. The molecule has 0 N–H and O–H groups in total. The van der Waals surface area contributed by atoms with Gasteiger partial charge < -0.3 is 14.2 Å². The summed E-state index contributed by atoms with van der Waals surface area (Å²) >= 11 is 0. The third-order valence-corrected chi connectivity index (χ3v) is 6.42. The summed E-state index contributed by atoms with van der Waals surface area (Å²) in [4.78, 5) is 38.2. The van der Waals surface area contributed by atoms with Crippen molar-refractivity contribution >= 4 is 16.8 Å². The van der Waals surface area contributed by atoms with E-state index >= 15 is 0 Å². The second kappa shape index (κ2) is 10.7. The van der Waals surface area contributed by atoms with Crippen LogP contribution in [-0.4, -0.2) is 68.7 Å². The van der Waals surface area contributed by atoms with Crippen LogP contribution in [0.2, 0.25) is 0 Å². The van der Waals surface area contributed by atoms with Gasteiger partial charge in [-0.15, -0.1) is 0 Å². The fourth-order valence-corrected chi connectivity index (χ4v) is 4.35. The molecule has 10 heteroatoms. The average molecular weight is 489 g/mol. The van der Waals surface area contributed by atoms with Crippen LogP contribution >= 0.6 is 0 Å². The van der Waals surface area contributed by atoms with Crippen molar-refractivity contribution in [2.45, 2.75) is 25.9 Å². The molecule has 1 amide bonds. The number of nitrogens with zero attached hydrogens (tertiary/aromatic N) is 6. The van der Waals surface area contributed by atoms with Gasteiger partial charge in [0.25, 0.3) is 5.56 Å². The number of methoxy groups -OCH3 is 1. The van der Waals surface area contributed by atoms with Crippen molar-refractivity contribution in [3.63, 3.8) is 0 Å². The first-order chi connectivity index (χ1) is 17.6. The standard InChI is InChI=1S/C26H28N6O4/c1-35-20-10-8-19(9-11-20)25-28-23(36-29-25)17-30-13-15-31(16-14-30)24(33)7-4-12-32-18-27-22-6-3-2-5-21(22)26(32)34/h2-3,5-6,8-11,18H,4,7,12-17H2,1H3. The lowest BCUT2D eigenvalue weighted by Gasteiger charge is -2.34. The summed E-state index contributed by atoms with van der Waals surface area (Å²) in [7, 11) is 1.63. The number of ether oxygens (including phenoxy) is 1. The highest BCUT2D eigenvalue weighted by atomic mass is 16.5. The zero-order valence-corrected chi connectivity index (χ0v) is 20.2. The Morgan fingerprint density at radius 1 is 1.06 bits per heavy atom. The number of carbonyl (C=O) groups excluding carboxylic acids is 1. The number of benzene rings is 2. The molecule has 186 valence electrons. The predicted molar refractivity (Wildman–Crippen MR) is 133 cm³/mol. The van der Waals surface area contributed by atoms with E-state index in [-0.39, 0.29) is 11.5 Å². The van der Waals surface area contributed by atoms with Crippen LogP contribution in [-0.2, 0) is 17.9 Å². The van der Waals surface area contributed by atoms with E-state index in [1.54, 1.807) is 24.1 Å². The molecular formula is C26H28N6O4. The minimum atomic E-state index is -0.0714. The van der Waals surface area contributed by atoms with Gasteiger partial charge >= 0.3 is 0 Å². The molecule has 10 nitrogen and oxygen atoms in total. The van der Waals surface area contributed by atoms with Crippen LogP contribution in [0.25, 0.3) is 22.3 Å². The van der Waals surface area contributed by atoms with Crippen LogP contribution in [0.5, 0.6) is 5.75 Å². The maximum Gasteiger partial charge on any atom is 0.261 e. The summed E-state index contributed by atoms with van der Waals surface area (Å²) in [5.41, 5.74) is 1.48. The summed E-state index contributed by atoms with van der Waals surface area (Å²) < 4.78 is 12.2. The van der Waals surface area contributed by atoms with Crippen LogP contribution < -0.4 is 10.3 Å². The molecule has 1 saturated heterocycles. The quantitative estimate of drug-likeness (QED) is 0.373. The molecule has 0 spiro atoms. The number of amides is 1. The summed E-state index contributed by atoms with van der Waals surface area (Å²) in [5.74, 6) is 1.97. The zero-order chi connectivity index (χ0) is 24.9. The molecule has 5 rings (SSSR count). The van der Waals surface area contributed by atoms with Crippen LogP contribution in [0, 0.1) is 0 Å². The lowest BCUT2D eigenvalue weighted by molar-refractivity contribution is -0.133. The third-order valence-electron chi connectivity index (χ3n) is 6.42. The second-order valence-electron chi connectivity index (χ2n) is 8.76. The van der Waals surface area contributed by atoms with Gasteiger partial charge in [-0.2, -0.15) is 4.98 Å². The third kappa shape index (κ3) is 5.28. The Kier molecular flexibility index (Phi) is 7.03. The summed E-state index contributed by atoms with van der Waals surface area (Å²) in [6.07, 6.45) is 2.55. The van der Waals surface area contributed by atoms with Crippen molar-refractivity contribution in [2.75, 3.05) is 33.3 Å². The molecule has 1 aliphatic rings. The van der Waals surface area contributed by atoms with Crippen molar-refractivity contribution in [3.05, 3.63) is 71.1 Å². The smallest absolute Gasteiger partial charge is 0.261 e. The molecule has 0 bridgehead atoms. The molecule has 0 aliphatic carbocycles. The summed E-state index contributed by atoms with van der Waals surface area (Å²) in [6, 6.07) is 14.8. The Balaban J connectivity index is 1.08. The van der Waals surface area contributed by atoms with Crippen LogP contribution in [0.4, 0.5) is 0 Å². The molecule has 0 saturated carbocycles.